The number of rotatable bonds is 2. The van der Waals surface area contributed by atoms with Crippen LogP contribution in [0.25, 0.3) is 22.3 Å². The van der Waals surface area contributed by atoms with Crippen molar-refractivity contribution < 1.29 is 9.15 Å². The minimum absolute atomic E-state index is 0.480. The number of hydrogen-bond donors (Lipinski definition) is 0. The van der Waals surface area contributed by atoms with E-state index in [0.717, 1.165) is 22.3 Å². The van der Waals surface area contributed by atoms with Gasteiger partial charge in [0.2, 0.25) is 5.88 Å². The number of nitrogens with zero attached hydrogens (tertiary/aromatic N) is 3. The van der Waals surface area contributed by atoms with Crippen LogP contribution in [0.3, 0.4) is 0 Å². The van der Waals surface area contributed by atoms with E-state index in [9.17, 15) is 0 Å². The van der Waals surface area contributed by atoms with Crippen LogP contribution in [0.5, 0.6) is 5.88 Å². The molecule has 0 atom stereocenters. The summed E-state index contributed by atoms with van der Waals surface area (Å²) in [4.78, 5) is 12.8. The van der Waals surface area contributed by atoms with Crippen molar-refractivity contribution in [1.82, 2.24) is 15.0 Å². The molecule has 0 aliphatic heterocycles. The number of fused-ring (bicyclic) bond motifs is 1. The Kier molecular flexibility index (Phi) is 2.22. The third-order valence-electron chi connectivity index (χ3n) is 2.47. The molecule has 5 nitrogen and oxygen atoms in total. The smallest absolute Gasteiger partial charge is 0.232 e. The molecule has 0 N–H and O–H groups in total. The van der Waals surface area contributed by atoms with Gasteiger partial charge in [0.15, 0.2) is 6.39 Å². The Hall–Kier alpha value is -2.43. The van der Waals surface area contributed by atoms with Gasteiger partial charge in [0, 0.05) is 5.56 Å². The van der Waals surface area contributed by atoms with Gasteiger partial charge in [-0.25, -0.2) is 15.0 Å². The molecule has 0 aliphatic carbocycles. The van der Waals surface area contributed by atoms with Gasteiger partial charge in [-0.1, -0.05) is 12.1 Å². The highest BCUT2D eigenvalue weighted by molar-refractivity contribution is 5.90. The zero-order chi connectivity index (χ0) is 11.7. The molecule has 0 bridgehead atoms. The van der Waals surface area contributed by atoms with E-state index in [-0.39, 0.29) is 0 Å². The van der Waals surface area contributed by atoms with Crippen LogP contribution in [-0.4, -0.2) is 22.1 Å². The van der Waals surface area contributed by atoms with Gasteiger partial charge < -0.3 is 9.15 Å². The van der Waals surface area contributed by atoms with Gasteiger partial charge in [-0.05, 0) is 6.07 Å². The van der Waals surface area contributed by atoms with Crippen LogP contribution < -0.4 is 4.74 Å². The summed E-state index contributed by atoms with van der Waals surface area (Å²) in [6.45, 7) is 0. The number of benzene rings is 1. The third kappa shape index (κ3) is 1.61. The maximum absolute atomic E-state index is 5.08. The van der Waals surface area contributed by atoms with Gasteiger partial charge >= 0.3 is 0 Å². The van der Waals surface area contributed by atoms with Gasteiger partial charge in [0.25, 0.3) is 0 Å². The van der Waals surface area contributed by atoms with Crippen molar-refractivity contribution in [2.75, 3.05) is 7.11 Å². The second-order valence-corrected chi connectivity index (χ2v) is 3.46. The van der Waals surface area contributed by atoms with E-state index in [2.05, 4.69) is 15.0 Å². The van der Waals surface area contributed by atoms with Crippen molar-refractivity contribution in [3.8, 4) is 17.1 Å². The summed E-state index contributed by atoms with van der Waals surface area (Å²) in [5, 5.41) is 0. The Morgan fingerprint density at radius 1 is 1.24 bits per heavy atom. The van der Waals surface area contributed by atoms with Crippen molar-refractivity contribution in [2.24, 2.45) is 0 Å². The zero-order valence-corrected chi connectivity index (χ0v) is 9.12. The van der Waals surface area contributed by atoms with Crippen LogP contribution in [0.1, 0.15) is 0 Å². The summed E-state index contributed by atoms with van der Waals surface area (Å²) in [5.74, 6) is 0.480. The molecule has 84 valence electrons. The molecule has 0 spiro atoms. The minimum atomic E-state index is 0.480. The fourth-order valence-corrected chi connectivity index (χ4v) is 1.67. The molecule has 0 fully saturated rings. The molecule has 1 aromatic carbocycles. The molecular formula is C12H9N3O2. The molecule has 0 unspecified atom stereocenters. The topological polar surface area (TPSA) is 61.0 Å². The van der Waals surface area contributed by atoms with Crippen LogP contribution >= 0.6 is 0 Å². The van der Waals surface area contributed by atoms with Crippen molar-refractivity contribution in [3.63, 3.8) is 0 Å². The van der Waals surface area contributed by atoms with E-state index >= 15 is 0 Å². The lowest BCUT2D eigenvalue weighted by molar-refractivity contribution is 0.398. The lowest BCUT2D eigenvalue weighted by Crippen LogP contribution is -1.92. The first-order valence-corrected chi connectivity index (χ1v) is 5.07. The molecule has 3 aromatic rings. The minimum Gasteiger partial charge on any atom is -0.480 e. The van der Waals surface area contributed by atoms with Crippen LogP contribution in [0, 0.1) is 0 Å². The molecule has 0 amide bonds. The van der Waals surface area contributed by atoms with Crippen LogP contribution in [0.2, 0.25) is 0 Å². The van der Waals surface area contributed by atoms with Crippen LogP contribution in [-0.2, 0) is 0 Å². The average Bonchev–Trinajstić information content (AvgIpc) is 2.91. The predicted molar refractivity (Wildman–Crippen MR) is 61.6 cm³/mol. The number of ether oxygens (including phenoxy) is 1. The van der Waals surface area contributed by atoms with Crippen molar-refractivity contribution >= 4 is 11.0 Å². The number of para-hydroxylation sites is 1. The van der Waals surface area contributed by atoms with Gasteiger partial charge in [0.1, 0.15) is 17.5 Å². The van der Waals surface area contributed by atoms with Crippen molar-refractivity contribution in [2.45, 2.75) is 0 Å². The molecule has 0 radical (unpaired) electrons. The molecule has 2 heterocycles. The fraction of sp³-hybridized carbons (Fsp3) is 0.0833. The summed E-state index contributed by atoms with van der Waals surface area (Å²) in [6, 6.07) is 5.73. The predicted octanol–water partition coefficient (Wildman–Crippen LogP) is 2.29. The van der Waals surface area contributed by atoms with Crippen molar-refractivity contribution in [1.29, 1.82) is 0 Å². The zero-order valence-electron chi connectivity index (χ0n) is 9.12. The van der Waals surface area contributed by atoms with E-state index in [0.29, 0.717) is 5.88 Å². The average molecular weight is 227 g/mol. The van der Waals surface area contributed by atoms with Crippen molar-refractivity contribution in [3.05, 3.63) is 37.1 Å². The van der Waals surface area contributed by atoms with E-state index in [1.165, 1.54) is 6.39 Å². The first kappa shape index (κ1) is 9.77. The molecule has 0 saturated carbocycles. The van der Waals surface area contributed by atoms with Gasteiger partial charge in [0.05, 0.1) is 18.8 Å². The highest BCUT2D eigenvalue weighted by Crippen LogP contribution is 2.25. The number of hydrogen-bond acceptors (Lipinski definition) is 5. The standard InChI is InChI=1S/C12H9N3O2/c1-16-11-5-13-9-4-2-3-8(12(9)15-11)10-6-17-7-14-10/h2-7H,1H3. The SMILES string of the molecule is COc1cnc2cccc(-c3cocn3)c2n1. The quantitative estimate of drug-likeness (QED) is 0.672. The summed E-state index contributed by atoms with van der Waals surface area (Å²) >= 11 is 0. The molecule has 17 heavy (non-hydrogen) atoms. The summed E-state index contributed by atoms with van der Waals surface area (Å²) in [6.07, 6.45) is 4.56. The lowest BCUT2D eigenvalue weighted by Gasteiger charge is -2.04. The summed E-state index contributed by atoms with van der Waals surface area (Å²) in [5.41, 5.74) is 3.16. The van der Waals surface area contributed by atoms with E-state index in [4.69, 9.17) is 9.15 Å². The van der Waals surface area contributed by atoms with Crippen LogP contribution in [0.4, 0.5) is 0 Å². The second-order valence-electron chi connectivity index (χ2n) is 3.46. The van der Waals surface area contributed by atoms with Gasteiger partial charge in [-0.3, -0.25) is 0 Å². The normalized spacial score (nSPS) is 10.6. The number of oxazole rings is 1. The van der Waals surface area contributed by atoms with Crippen LogP contribution in [0.15, 0.2) is 41.5 Å². The molecule has 0 aliphatic rings. The monoisotopic (exact) mass is 227 g/mol. The maximum atomic E-state index is 5.08. The number of aromatic nitrogens is 3. The first-order valence-electron chi connectivity index (χ1n) is 5.07. The summed E-state index contributed by atoms with van der Waals surface area (Å²) in [7, 11) is 1.56. The Labute approximate surface area is 97.1 Å². The third-order valence-corrected chi connectivity index (χ3v) is 2.47. The molecule has 2 aromatic heterocycles. The Bertz CT molecular complexity index is 650. The Balaban J connectivity index is 2.30. The molecular weight excluding hydrogens is 218 g/mol. The Morgan fingerprint density at radius 3 is 2.94 bits per heavy atom. The highest BCUT2D eigenvalue weighted by atomic mass is 16.5. The van der Waals surface area contributed by atoms with Gasteiger partial charge in [-0.15, -0.1) is 0 Å². The molecule has 0 saturated heterocycles. The first-order chi connectivity index (χ1) is 8.38. The lowest BCUT2D eigenvalue weighted by atomic mass is 10.1. The summed E-state index contributed by atoms with van der Waals surface area (Å²) < 4.78 is 10.1. The largest absolute Gasteiger partial charge is 0.480 e. The van der Waals surface area contributed by atoms with E-state index in [1.54, 1.807) is 19.6 Å². The fourth-order valence-electron chi connectivity index (χ4n) is 1.67. The molecule has 5 heteroatoms. The van der Waals surface area contributed by atoms with Gasteiger partial charge in [-0.2, -0.15) is 0 Å². The highest BCUT2D eigenvalue weighted by Gasteiger charge is 2.09. The van der Waals surface area contributed by atoms with E-state index < -0.39 is 0 Å². The maximum Gasteiger partial charge on any atom is 0.232 e. The molecule has 3 rings (SSSR count). The Morgan fingerprint density at radius 2 is 2.18 bits per heavy atom. The number of methoxy groups -OCH3 is 1. The second kappa shape index (κ2) is 3.86. The van der Waals surface area contributed by atoms with E-state index in [1.807, 2.05) is 18.2 Å².